The third-order valence-corrected chi connectivity index (χ3v) is 5.14. The Balaban J connectivity index is 0.00000240. The minimum absolute atomic E-state index is 0. The topological polar surface area (TPSA) is 52.6 Å². The molecular weight excluding hydrogens is 435 g/mol. The minimum atomic E-state index is -0.385. The Hall–Kier alpha value is -1.37. The molecule has 0 spiro atoms. The summed E-state index contributed by atoms with van der Waals surface area (Å²) < 4.78 is 17.7. The van der Waals surface area contributed by atoms with E-state index in [1.807, 2.05) is 13.0 Å². The van der Waals surface area contributed by atoms with Crippen molar-refractivity contribution in [2.75, 3.05) is 26.8 Å². The van der Waals surface area contributed by atoms with E-state index >= 15 is 0 Å². The molecule has 0 amide bonds. The molecule has 5 nitrogen and oxygen atoms in total. The molecule has 1 N–H and O–H groups in total. The zero-order chi connectivity index (χ0) is 20.6. The van der Waals surface area contributed by atoms with Gasteiger partial charge in [0, 0.05) is 19.1 Å². The monoisotopic (exact) mass is 470 g/mol. The van der Waals surface area contributed by atoms with E-state index in [1.165, 1.54) is 5.56 Å². The molecule has 1 atom stereocenters. The van der Waals surface area contributed by atoms with Crippen molar-refractivity contribution < 1.29 is 14.2 Å². The van der Waals surface area contributed by atoms with E-state index in [1.54, 1.807) is 7.11 Å². The van der Waals surface area contributed by atoms with Crippen LogP contribution in [0.25, 0.3) is 0 Å². The van der Waals surface area contributed by atoms with Crippen molar-refractivity contribution in [3.05, 3.63) is 58.4 Å². The van der Waals surface area contributed by atoms with Crippen molar-refractivity contribution >= 4 is 24.8 Å². The Morgan fingerprint density at radius 3 is 2.58 bits per heavy atom. The molecule has 1 aliphatic heterocycles. The Bertz CT molecular complexity index is 788. The summed E-state index contributed by atoms with van der Waals surface area (Å²) in [5.74, 6) is 1.51. The maximum atomic E-state index is 6.19. The first-order chi connectivity index (χ1) is 14.1. The Morgan fingerprint density at radius 2 is 1.90 bits per heavy atom. The second-order valence-corrected chi connectivity index (χ2v) is 8.06. The number of hydrogen-bond acceptors (Lipinski definition) is 5. The van der Waals surface area contributed by atoms with Crippen LogP contribution >= 0.6 is 24.8 Å². The van der Waals surface area contributed by atoms with E-state index in [4.69, 9.17) is 19.2 Å². The molecule has 1 aliphatic rings. The first kappa shape index (κ1) is 27.7. The molecule has 0 saturated heterocycles. The van der Waals surface area contributed by atoms with Crippen molar-refractivity contribution in [1.29, 1.82) is 0 Å². The van der Waals surface area contributed by atoms with E-state index in [-0.39, 0.29) is 31.1 Å². The van der Waals surface area contributed by atoms with Crippen LogP contribution in [-0.4, -0.2) is 31.8 Å². The van der Waals surface area contributed by atoms with Crippen molar-refractivity contribution in [1.82, 2.24) is 10.3 Å². The molecule has 31 heavy (non-hydrogen) atoms. The molecular formula is C24H36Cl2N2O3. The predicted molar refractivity (Wildman–Crippen MR) is 130 cm³/mol. The normalized spacial score (nSPS) is 14.7. The van der Waals surface area contributed by atoms with Gasteiger partial charge in [-0.2, -0.15) is 0 Å². The lowest BCUT2D eigenvalue weighted by molar-refractivity contribution is -0.119. The van der Waals surface area contributed by atoms with Crippen molar-refractivity contribution in [2.45, 2.75) is 52.9 Å². The fraction of sp³-hybridized carbons (Fsp3) is 0.542. The maximum Gasteiger partial charge on any atom is 0.187 e. The number of nitrogens with zero attached hydrogens (tertiary/aromatic N) is 1. The summed E-state index contributed by atoms with van der Waals surface area (Å²) in [7, 11) is 1.68. The molecule has 7 heteroatoms. The van der Waals surface area contributed by atoms with Crippen LogP contribution in [0, 0.1) is 12.8 Å². The van der Waals surface area contributed by atoms with E-state index in [9.17, 15) is 0 Å². The molecule has 0 saturated carbocycles. The Morgan fingerprint density at radius 1 is 1.16 bits per heavy atom. The van der Waals surface area contributed by atoms with Crippen LogP contribution < -0.4 is 10.1 Å². The molecule has 2 heterocycles. The average molecular weight is 471 g/mol. The molecule has 2 aromatic rings. The van der Waals surface area contributed by atoms with Gasteiger partial charge in [0.1, 0.15) is 5.75 Å². The number of nitrogens with one attached hydrogen (secondary N) is 1. The number of aryl methyl sites for hydroxylation is 1. The smallest absolute Gasteiger partial charge is 0.187 e. The van der Waals surface area contributed by atoms with E-state index < -0.39 is 0 Å². The SMILES string of the molecule is COC1OCc2c(Cc3ccccc3)nc(C)c(OCCCCNCC(C)C)c21.Cl.Cl. The lowest BCUT2D eigenvalue weighted by atomic mass is 10.0. The predicted octanol–water partition coefficient (Wildman–Crippen LogP) is 5.40. The Labute approximate surface area is 199 Å². The van der Waals surface area contributed by atoms with Gasteiger partial charge in [0.05, 0.1) is 30.2 Å². The van der Waals surface area contributed by atoms with Crippen LogP contribution in [0.1, 0.15) is 61.1 Å². The van der Waals surface area contributed by atoms with Crippen molar-refractivity contribution in [2.24, 2.45) is 5.92 Å². The number of hydrogen-bond donors (Lipinski definition) is 1. The highest BCUT2D eigenvalue weighted by molar-refractivity contribution is 5.85. The number of ether oxygens (including phenoxy) is 3. The van der Waals surface area contributed by atoms with Crippen LogP contribution in [0.5, 0.6) is 5.75 Å². The standard InChI is InChI=1S/C24H34N2O3.2ClH/c1-17(2)15-25-12-8-9-13-28-23-18(3)26-21(14-19-10-6-5-7-11-19)20-16-29-24(27-4)22(20)23;;/h5-7,10-11,17,24-25H,8-9,12-16H2,1-4H3;2*1H. The van der Waals surface area contributed by atoms with Gasteiger partial charge in [0.2, 0.25) is 0 Å². The Kier molecular flexibility index (Phi) is 12.4. The van der Waals surface area contributed by atoms with Gasteiger partial charge >= 0.3 is 0 Å². The van der Waals surface area contributed by atoms with E-state index in [0.29, 0.717) is 19.1 Å². The highest BCUT2D eigenvalue weighted by Crippen LogP contribution is 2.41. The summed E-state index contributed by atoms with van der Waals surface area (Å²) in [6, 6.07) is 10.4. The summed E-state index contributed by atoms with van der Waals surface area (Å²) >= 11 is 0. The van der Waals surface area contributed by atoms with Gasteiger partial charge in [-0.15, -0.1) is 24.8 Å². The summed E-state index contributed by atoms with van der Waals surface area (Å²) in [6.45, 7) is 9.74. The summed E-state index contributed by atoms with van der Waals surface area (Å²) in [5, 5.41) is 3.48. The third-order valence-electron chi connectivity index (χ3n) is 5.14. The van der Waals surface area contributed by atoms with Crippen molar-refractivity contribution in [3.8, 4) is 5.75 Å². The first-order valence-electron chi connectivity index (χ1n) is 10.6. The van der Waals surface area contributed by atoms with Gasteiger partial charge < -0.3 is 19.5 Å². The molecule has 1 aromatic carbocycles. The van der Waals surface area contributed by atoms with Gasteiger partial charge in [-0.1, -0.05) is 44.2 Å². The van der Waals surface area contributed by atoms with Gasteiger partial charge in [0.15, 0.2) is 6.29 Å². The highest BCUT2D eigenvalue weighted by atomic mass is 35.5. The second-order valence-electron chi connectivity index (χ2n) is 8.06. The van der Waals surface area contributed by atoms with Crippen molar-refractivity contribution in [3.63, 3.8) is 0 Å². The molecule has 1 aromatic heterocycles. The number of aromatic nitrogens is 1. The van der Waals surface area contributed by atoms with Gasteiger partial charge in [-0.25, -0.2) is 0 Å². The second kappa shape index (κ2) is 13.9. The van der Waals surface area contributed by atoms with Gasteiger partial charge in [-0.05, 0) is 44.3 Å². The lowest BCUT2D eigenvalue weighted by Crippen LogP contribution is -2.21. The molecule has 0 fully saturated rings. The number of pyridine rings is 1. The number of methoxy groups -OCH3 is 1. The highest BCUT2D eigenvalue weighted by Gasteiger charge is 2.32. The molecule has 0 radical (unpaired) electrons. The first-order valence-corrected chi connectivity index (χ1v) is 10.6. The van der Waals surface area contributed by atoms with Gasteiger partial charge in [0.25, 0.3) is 0 Å². The fourth-order valence-corrected chi connectivity index (χ4v) is 3.68. The zero-order valence-corrected chi connectivity index (χ0v) is 20.6. The van der Waals surface area contributed by atoms with Crippen LogP contribution in [-0.2, 0) is 22.5 Å². The van der Waals surface area contributed by atoms with Crippen LogP contribution in [0.3, 0.4) is 0 Å². The number of unbranched alkanes of at least 4 members (excludes halogenated alkanes) is 1. The number of fused-ring (bicyclic) bond motifs is 1. The minimum Gasteiger partial charge on any atom is -0.491 e. The average Bonchev–Trinajstić information content (AvgIpc) is 3.14. The summed E-state index contributed by atoms with van der Waals surface area (Å²) in [6.07, 6.45) is 2.50. The fourth-order valence-electron chi connectivity index (χ4n) is 3.68. The largest absolute Gasteiger partial charge is 0.491 e. The van der Waals surface area contributed by atoms with Gasteiger partial charge in [-0.3, -0.25) is 4.98 Å². The third kappa shape index (κ3) is 7.62. The summed E-state index contributed by atoms with van der Waals surface area (Å²) in [4.78, 5) is 4.88. The van der Waals surface area contributed by atoms with E-state index in [0.717, 1.165) is 60.6 Å². The molecule has 174 valence electrons. The maximum absolute atomic E-state index is 6.19. The molecule has 0 aliphatic carbocycles. The summed E-state index contributed by atoms with van der Waals surface area (Å²) in [5.41, 5.74) is 5.32. The lowest BCUT2D eigenvalue weighted by Gasteiger charge is -2.18. The quantitative estimate of drug-likeness (QED) is 0.445. The van der Waals surface area contributed by atoms with Crippen LogP contribution in [0.4, 0.5) is 0 Å². The number of rotatable bonds is 11. The number of benzene rings is 1. The van der Waals surface area contributed by atoms with Crippen LogP contribution in [0.15, 0.2) is 30.3 Å². The molecule has 1 unspecified atom stereocenters. The van der Waals surface area contributed by atoms with E-state index in [2.05, 4.69) is 43.4 Å². The molecule has 0 bridgehead atoms. The van der Waals surface area contributed by atoms with Crippen LogP contribution in [0.2, 0.25) is 0 Å². The zero-order valence-electron chi connectivity index (χ0n) is 19.0. The molecule has 3 rings (SSSR count). The number of halogens is 2.